The third-order valence-electron chi connectivity index (χ3n) is 3.23. The summed E-state index contributed by atoms with van der Waals surface area (Å²) in [6.07, 6.45) is 2.89. The Balaban J connectivity index is 0.000000396. The molecule has 1 spiro atoms. The van der Waals surface area contributed by atoms with E-state index < -0.39 is 0 Å². The Bertz CT molecular complexity index is 159. The standard InChI is InChI=1S/C9H19N2.C2H6/c1-11(2)5-3-4-9(8-11)6-10-7-9;1-2/h10H,3-8H2,1-2H3;1-2H3/q+1;. The minimum absolute atomic E-state index is 0.696. The highest BCUT2D eigenvalue weighted by atomic mass is 15.3. The number of nitrogens with one attached hydrogen (secondary N) is 1. The fraction of sp³-hybridized carbons (Fsp3) is 1.00. The van der Waals surface area contributed by atoms with Crippen molar-refractivity contribution in [2.75, 3.05) is 40.3 Å². The van der Waals surface area contributed by atoms with Crippen molar-refractivity contribution < 1.29 is 4.48 Å². The second-order valence-electron chi connectivity index (χ2n) is 5.02. The molecule has 0 saturated carbocycles. The van der Waals surface area contributed by atoms with Crippen LogP contribution in [0.5, 0.6) is 0 Å². The van der Waals surface area contributed by atoms with Gasteiger partial charge in [-0.2, -0.15) is 0 Å². The molecule has 2 heteroatoms. The average molecular weight is 185 g/mol. The predicted octanol–water partition coefficient (Wildman–Crippen LogP) is 1.47. The summed E-state index contributed by atoms with van der Waals surface area (Å²) < 4.78 is 1.24. The summed E-state index contributed by atoms with van der Waals surface area (Å²) in [6.45, 7) is 9.31. The topological polar surface area (TPSA) is 12.0 Å². The summed E-state index contributed by atoms with van der Waals surface area (Å²) in [5.41, 5.74) is 0.696. The van der Waals surface area contributed by atoms with Gasteiger partial charge in [-0.25, -0.2) is 0 Å². The smallest absolute Gasteiger partial charge is 0.0864 e. The van der Waals surface area contributed by atoms with E-state index in [1.54, 1.807) is 0 Å². The number of piperidine rings is 1. The molecule has 0 unspecified atom stereocenters. The van der Waals surface area contributed by atoms with E-state index in [2.05, 4.69) is 19.4 Å². The molecular formula is C11H25N2+. The van der Waals surface area contributed by atoms with E-state index in [9.17, 15) is 0 Å². The molecule has 0 aromatic carbocycles. The van der Waals surface area contributed by atoms with Crippen LogP contribution in [-0.4, -0.2) is 44.8 Å². The van der Waals surface area contributed by atoms with Crippen molar-refractivity contribution in [3.8, 4) is 0 Å². The second-order valence-corrected chi connectivity index (χ2v) is 5.02. The monoisotopic (exact) mass is 185 g/mol. The number of nitrogens with zero attached hydrogens (tertiary/aromatic N) is 1. The first kappa shape index (κ1) is 11.0. The van der Waals surface area contributed by atoms with E-state index in [-0.39, 0.29) is 0 Å². The normalized spacial score (nSPS) is 28.6. The van der Waals surface area contributed by atoms with Gasteiger partial charge in [0, 0.05) is 18.5 Å². The molecule has 0 radical (unpaired) electrons. The molecule has 0 bridgehead atoms. The van der Waals surface area contributed by atoms with Gasteiger partial charge in [0.25, 0.3) is 0 Å². The van der Waals surface area contributed by atoms with Crippen LogP contribution < -0.4 is 5.32 Å². The van der Waals surface area contributed by atoms with Crippen LogP contribution in [0, 0.1) is 5.41 Å². The van der Waals surface area contributed by atoms with Crippen molar-refractivity contribution in [3.63, 3.8) is 0 Å². The molecule has 0 amide bonds. The van der Waals surface area contributed by atoms with E-state index in [1.807, 2.05) is 13.8 Å². The number of rotatable bonds is 0. The van der Waals surface area contributed by atoms with E-state index in [4.69, 9.17) is 0 Å². The fourth-order valence-electron chi connectivity index (χ4n) is 2.72. The molecule has 0 aliphatic carbocycles. The van der Waals surface area contributed by atoms with Crippen LogP contribution in [0.2, 0.25) is 0 Å². The molecule has 2 rings (SSSR count). The summed E-state index contributed by atoms with van der Waals surface area (Å²) in [6, 6.07) is 0. The number of likely N-dealkylation sites (tertiary alicyclic amines) is 1. The minimum Gasteiger partial charge on any atom is -0.328 e. The van der Waals surface area contributed by atoms with E-state index in [1.165, 1.54) is 43.5 Å². The Morgan fingerprint density at radius 1 is 1.15 bits per heavy atom. The Kier molecular flexibility index (Phi) is 3.36. The minimum atomic E-state index is 0.696. The van der Waals surface area contributed by atoms with Gasteiger partial charge in [-0.05, 0) is 12.8 Å². The highest BCUT2D eigenvalue weighted by Crippen LogP contribution is 2.35. The van der Waals surface area contributed by atoms with E-state index in [0.29, 0.717) is 5.41 Å². The van der Waals surface area contributed by atoms with Crippen molar-refractivity contribution in [1.82, 2.24) is 5.32 Å². The molecule has 0 aromatic heterocycles. The van der Waals surface area contributed by atoms with Crippen molar-refractivity contribution in [2.24, 2.45) is 5.41 Å². The molecule has 2 fully saturated rings. The van der Waals surface area contributed by atoms with Gasteiger partial charge in [-0.15, -0.1) is 0 Å². The maximum Gasteiger partial charge on any atom is 0.0864 e. The van der Waals surface area contributed by atoms with E-state index >= 15 is 0 Å². The van der Waals surface area contributed by atoms with Crippen molar-refractivity contribution in [1.29, 1.82) is 0 Å². The highest BCUT2D eigenvalue weighted by molar-refractivity contribution is 4.93. The molecule has 2 heterocycles. The molecule has 0 atom stereocenters. The molecule has 2 saturated heterocycles. The SMILES string of the molecule is CC.C[N+]1(C)CCCC2(CNC2)C1. The van der Waals surface area contributed by atoms with Crippen LogP contribution in [0.4, 0.5) is 0 Å². The van der Waals surface area contributed by atoms with Crippen molar-refractivity contribution >= 4 is 0 Å². The largest absolute Gasteiger partial charge is 0.328 e. The maximum absolute atomic E-state index is 3.40. The van der Waals surface area contributed by atoms with Gasteiger partial charge in [-0.3, -0.25) is 0 Å². The van der Waals surface area contributed by atoms with Gasteiger partial charge in [0.05, 0.1) is 27.2 Å². The van der Waals surface area contributed by atoms with Crippen LogP contribution in [0.3, 0.4) is 0 Å². The summed E-state index contributed by atoms with van der Waals surface area (Å²) >= 11 is 0. The number of hydrogen-bond donors (Lipinski definition) is 1. The summed E-state index contributed by atoms with van der Waals surface area (Å²) in [5.74, 6) is 0. The first-order chi connectivity index (χ1) is 6.12. The lowest BCUT2D eigenvalue weighted by Crippen LogP contribution is -2.64. The van der Waals surface area contributed by atoms with Crippen LogP contribution >= 0.6 is 0 Å². The molecule has 13 heavy (non-hydrogen) atoms. The van der Waals surface area contributed by atoms with Gasteiger partial charge >= 0.3 is 0 Å². The van der Waals surface area contributed by atoms with E-state index in [0.717, 1.165) is 0 Å². The molecule has 1 N–H and O–H groups in total. The van der Waals surface area contributed by atoms with Gasteiger partial charge in [-0.1, -0.05) is 13.8 Å². The van der Waals surface area contributed by atoms with Gasteiger partial charge in [0.2, 0.25) is 0 Å². The summed E-state index contributed by atoms with van der Waals surface area (Å²) in [5, 5.41) is 3.40. The highest BCUT2D eigenvalue weighted by Gasteiger charge is 2.45. The first-order valence-electron chi connectivity index (χ1n) is 5.65. The Hall–Kier alpha value is -0.0800. The average Bonchev–Trinajstić information content (AvgIpc) is 2.04. The lowest BCUT2D eigenvalue weighted by atomic mass is 9.74. The lowest BCUT2D eigenvalue weighted by molar-refractivity contribution is -0.903. The first-order valence-corrected chi connectivity index (χ1v) is 5.65. The molecule has 2 aliphatic rings. The Morgan fingerprint density at radius 2 is 1.77 bits per heavy atom. The number of quaternary nitrogens is 1. The van der Waals surface area contributed by atoms with Crippen LogP contribution in [-0.2, 0) is 0 Å². The van der Waals surface area contributed by atoms with Gasteiger partial charge in [0.15, 0.2) is 0 Å². The van der Waals surface area contributed by atoms with Crippen molar-refractivity contribution in [2.45, 2.75) is 26.7 Å². The summed E-state index contributed by atoms with van der Waals surface area (Å²) in [7, 11) is 4.72. The third-order valence-corrected chi connectivity index (χ3v) is 3.23. The molecular weight excluding hydrogens is 160 g/mol. The van der Waals surface area contributed by atoms with Crippen LogP contribution in [0.25, 0.3) is 0 Å². The predicted molar refractivity (Wildman–Crippen MR) is 57.7 cm³/mol. The molecule has 78 valence electrons. The van der Waals surface area contributed by atoms with Crippen LogP contribution in [0.15, 0.2) is 0 Å². The zero-order chi connectivity index (χ0) is 9.95. The van der Waals surface area contributed by atoms with Gasteiger partial charge < -0.3 is 9.80 Å². The lowest BCUT2D eigenvalue weighted by Gasteiger charge is -2.51. The zero-order valence-electron chi connectivity index (χ0n) is 9.69. The van der Waals surface area contributed by atoms with Gasteiger partial charge in [0.1, 0.15) is 0 Å². The maximum atomic E-state index is 3.40. The van der Waals surface area contributed by atoms with Crippen molar-refractivity contribution in [3.05, 3.63) is 0 Å². The quantitative estimate of drug-likeness (QED) is 0.564. The molecule has 0 aromatic rings. The second kappa shape index (κ2) is 3.97. The summed E-state index contributed by atoms with van der Waals surface area (Å²) in [4.78, 5) is 0. The fourth-order valence-corrected chi connectivity index (χ4v) is 2.72. The Morgan fingerprint density at radius 3 is 2.08 bits per heavy atom. The van der Waals surface area contributed by atoms with Crippen LogP contribution in [0.1, 0.15) is 26.7 Å². The number of hydrogen-bond acceptors (Lipinski definition) is 1. The third kappa shape index (κ3) is 2.44. The molecule has 2 nitrogen and oxygen atoms in total. The Labute approximate surface area is 82.9 Å². The zero-order valence-corrected chi connectivity index (χ0v) is 9.69. The molecule has 2 aliphatic heterocycles.